The highest BCUT2D eigenvalue weighted by Gasteiger charge is 2.46. The first-order valence-electron chi connectivity index (χ1n) is 20.5. The highest BCUT2D eigenvalue weighted by molar-refractivity contribution is 7.26. The molecule has 0 amide bonds. The van der Waals surface area contributed by atoms with E-state index in [0.29, 0.717) is 5.82 Å². The van der Waals surface area contributed by atoms with Crippen LogP contribution in [0.2, 0.25) is 0 Å². The Balaban J connectivity index is 1.09. The Bertz CT molecular complexity index is 3390. The van der Waals surface area contributed by atoms with Gasteiger partial charge in [-0.15, -0.1) is 11.3 Å². The zero-order valence-electron chi connectivity index (χ0n) is 32.6. The summed E-state index contributed by atoms with van der Waals surface area (Å²) in [4.78, 5) is 10.9. The van der Waals surface area contributed by atoms with Crippen LogP contribution < -0.4 is 0 Å². The molecule has 11 aromatic rings. The van der Waals surface area contributed by atoms with Gasteiger partial charge >= 0.3 is 0 Å². The molecule has 9 aromatic carbocycles. The van der Waals surface area contributed by atoms with Gasteiger partial charge in [0.25, 0.3) is 0 Å². The van der Waals surface area contributed by atoms with Crippen LogP contribution in [0.4, 0.5) is 0 Å². The number of rotatable bonds is 6. The molecule has 0 saturated heterocycles. The molecule has 0 saturated carbocycles. The summed E-state index contributed by atoms with van der Waals surface area (Å²) in [6.07, 6.45) is 0. The molecule has 0 radical (unpaired) electrons. The lowest BCUT2D eigenvalue weighted by Gasteiger charge is -2.34. The van der Waals surface area contributed by atoms with E-state index in [2.05, 4.69) is 218 Å². The summed E-state index contributed by atoms with van der Waals surface area (Å²) in [5, 5.41) is 4.89. The SMILES string of the molecule is c1ccc(C2(c3ccccc3)c3ccccc3-c3ccc(-c4cc(-c5cccc(-c6cccc7c6sc6ccccc67)c5)nc(-c5cccc6ccccc56)n4)cc32)cc1. The van der Waals surface area contributed by atoms with Gasteiger partial charge < -0.3 is 0 Å². The molecule has 0 N–H and O–H groups in total. The maximum absolute atomic E-state index is 5.45. The predicted molar refractivity (Wildman–Crippen MR) is 251 cm³/mol. The Morgan fingerprint density at radius 1 is 0.350 bits per heavy atom. The van der Waals surface area contributed by atoms with E-state index in [1.165, 1.54) is 64.7 Å². The van der Waals surface area contributed by atoms with E-state index in [4.69, 9.17) is 9.97 Å². The van der Waals surface area contributed by atoms with Gasteiger partial charge in [0.2, 0.25) is 0 Å². The van der Waals surface area contributed by atoms with Gasteiger partial charge in [0, 0.05) is 36.9 Å². The smallest absolute Gasteiger partial charge is 0.161 e. The van der Waals surface area contributed by atoms with Crippen LogP contribution in [0.1, 0.15) is 22.3 Å². The van der Waals surface area contributed by atoms with Crippen LogP contribution in [0.3, 0.4) is 0 Å². The van der Waals surface area contributed by atoms with E-state index in [0.717, 1.165) is 38.9 Å². The molecule has 1 aliphatic carbocycles. The number of benzene rings is 9. The molecule has 0 bridgehead atoms. The molecule has 2 heterocycles. The Kier molecular flexibility index (Phi) is 7.97. The topological polar surface area (TPSA) is 25.8 Å². The summed E-state index contributed by atoms with van der Waals surface area (Å²) < 4.78 is 2.60. The van der Waals surface area contributed by atoms with E-state index < -0.39 is 5.41 Å². The standard InChI is InChI=1S/C57H36N2S/c1-3-20-41(21-4-1)57(42-22-5-2-6-23-42)50-30-11-9-25-45(50)46-33-32-40(35-51(46)57)53-36-52(58-56(59-53)49-29-14-17-37-16-7-8-24-43(37)49)39-19-13-18-38(34-39)44-27-15-28-48-47-26-10-12-31-54(47)60-55(44)48/h1-36H. The molecule has 0 spiro atoms. The van der Waals surface area contributed by atoms with Crippen molar-refractivity contribution in [3.63, 3.8) is 0 Å². The van der Waals surface area contributed by atoms with Crippen LogP contribution in [0.25, 0.3) is 87.1 Å². The lowest BCUT2D eigenvalue weighted by atomic mass is 9.67. The number of hydrogen-bond acceptors (Lipinski definition) is 3. The van der Waals surface area contributed by atoms with Crippen molar-refractivity contribution in [1.82, 2.24) is 9.97 Å². The fourth-order valence-electron chi connectivity index (χ4n) is 9.71. The Labute approximate surface area is 352 Å². The van der Waals surface area contributed by atoms with Crippen LogP contribution in [0.5, 0.6) is 0 Å². The van der Waals surface area contributed by atoms with Gasteiger partial charge in [0.05, 0.1) is 16.8 Å². The average Bonchev–Trinajstić information content (AvgIpc) is 3.86. The van der Waals surface area contributed by atoms with E-state index in [-0.39, 0.29) is 0 Å². The van der Waals surface area contributed by atoms with Crippen LogP contribution in [-0.4, -0.2) is 9.97 Å². The Morgan fingerprint density at radius 2 is 0.917 bits per heavy atom. The molecule has 0 unspecified atom stereocenters. The van der Waals surface area contributed by atoms with Gasteiger partial charge in [-0.05, 0) is 79.5 Å². The molecule has 0 fully saturated rings. The van der Waals surface area contributed by atoms with Crippen molar-refractivity contribution < 1.29 is 0 Å². The molecule has 2 aromatic heterocycles. The molecule has 60 heavy (non-hydrogen) atoms. The molecule has 3 heteroatoms. The van der Waals surface area contributed by atoms with Gasteiger partial charge in [-0.2, -0.15) is 0 Å². The molecule has 2 nitrogen and oxygen atoms in total. The molecule has 0 atom stereocenters. The number of fused-ring (bicyclic) bond motifs is 7. The first-order chi connectivity index (χ1) is 29.7. The van der Waals surface area contributed by atoms with Crippen LogP contribution in [-0.2, 0) is 5.41 Å². The number of hydrogen-bond donors (Lipinski definition) is 0. The largest absolute Gasteiger partial charge is 0.228 e. The monoisotopic (exact) mass is 780 g/mol. The normalized spacial score (nSPS) is 12.8. The number of nitrogens with zero attached hydrogens (tertiary/aromatic N) is 2. The molecule has 280 valence electrons. The van der Waals surface area contributed by atoms with E-state index in [1.807, 2.05) is 11.3 Å². The summed E-state index contributed by atoms with van der Waals surface area (Å²) >= 11 is 1.86. The minimum absolute atomic E-state index is 0.513. The van der Waals surface area contributed by atoms with Crippen molar-refractivity contribution in [3.8, 4) is 56.2 Å². The van der Waals surface area contributed by atoms with Crippen molar-refractivity contribution in [1.29, 1.82) is 0 Å². The fraction of sp³-hybridized carbons (Fsp3) is 0.0175. The lowest BCUT2D eigenvalue weighted by molar-refractivity contribution is 0.768. The second kappa shape index (κ2) is 13.8. The minimum Gasteiger partial charge on any atom is -0.228 e. The van der Waals surface area contributed by atoms with Crippen LogP contribution in [0, 0.1) is 0 Å². The first-order valence-corrected chi connectivity index (χ1v) is 21.3. The van der Waals surface area contributed by atoms with Gasteiger partial charge in [0.1, 0.15) is 0 Å². The van der Waals surface area contributed by atoms with Crippen molar-refractivity contribution in [2.45, 2.75) is 5.41 Å². The van der Waals surface area contributed by atoms with Crippen molar-refractivity contribution in [3.05, 3.63) is 241 Å². The highest BCUT2D eigenvalue weighted by atomic mass is 32.1. The minimum atomic E-state index is -0.513. The summed E-state index contributed by atoms with van der Waals surface area (Å²) in [7, 11) is 0. The number of aromatic nitrogens is 2. The van der Waals surface area contributed by atoms with E-state index >= 15 is 0 Å². The zero-order valence-corrected chi connectivity index (χ0v) is 33.4. The zero-order chi connectivity index (χ0) is 39.6. The maximum atomic E-state index is 5.45. The van der Waals surface area contributed by atoms with Gasteiger partial charge in [-0.25, -0.2) is 9.97 Å². The van der Waals surface area contributed by atoms with Gasteiger partial charge in [-0.3, -0.25) is 0 Å². The molecule has 12 rings (SSSR count). The quantitative estimate of drug-likeness (QED) is 0.168. The third-order valence-electron chi connectivity index (χ3n) is 12.4. The lowest BCUT2D eigenvalue weighted by Crippen LogP contribution is -2.28. The third kappa shape index (κ3) is 5.33. The molecule has 1 aliphatic rings. The Morgan fingerprint density at radius 3 is 1.73 bits per heavy atom. The predicted octanol–water partition coefficient (Wildman–Crippen LogP) is 15.0. The first kappa shape index (κ1) is 34.6. The van der Waals surface area contributed by atoms with Gasteiger partial charge in [-0.1, -0.05) is 194 Å². The highest BCUT2D eigenvalue weighted by Crippen LogP contribution is 2.56. The van der Waals surface area contributed by atoms with Crippen LogP contribution in [0.15, 0.2) is 218 Å². The van der Waals surface area contributed by atoms with Crippen LogP contribution >= 0.6 is 11.3 Å². The molecular weight excluding hydrogens is 745 g/mol. The second-order valence-electron chi connectivity index (χ2n) is 15.6. The summed E-state index contributed by atoms with van der Waals surface area (Å²) in [6.45, 7) is 0. The van der Waals surface area contributed by atoms with Crippen molar-refractivity contribution in [2.75, 3.05) is 0 Å². The third-order valence-corrected chi connectivity index (χ3v) is 13.6. The summed E-state index contributed by atoms with van der Waals surface area (Å²) in [5.41, 5.74) is 14.3. The van der Waals surface area contributed by atoms with E-state index in [1.54, 1.807) is 0 Å². The summed E-state index contributed by atoms with van der Waals surface area (Å²) in [5.74, 6) is 0.706. The Hall–Kier alpha value is -7.46. The molecule has 0 aliphatic heterocycles. The van der Waals surface area contributed by atoms with Crippen molar-refractivity contribution >= 4 is 42.3 Å². The second-order valence-corrected chi connectivity index (χ2v) is 16.7. The summed E-state index contributed by atoms with van der Waals surface area (Å²) in [6, 6.07) is 79.2. The van der Waals surface area contributed by atoms with Crippen molar-refractivity contribution in [2.24, 2.45) is 0 Å². The van der Waals surface area contributed by atoms with E-state index in [9.17, 15) is 0 Å². The number of thiophene rings is 1. The fourth-order valence-corrected chi connectivity index (χ4v) is 10.9. The van der Waals surface area contributed by atoms with Gasteiger partial charge in [0.15, 0.2) is 5.82 Å². The molecular formula is C57H36N2S. The average molecular weight is 781 g/mol. The maximum Gasteiger partial charge on any atom is 0.161 e.